The van der Waals surface area contributed by atoms with Crippen LogP contribution in [0.25, 0.3) is 11.0 Å². The highest BCUT2D eigenvalue weighted by atomic mass is 35.5. The first-order chi connectivity index (χ1) is 9.34. The summed E-state index contributed by atoms with van der Waals surface area (Å²) in [5.41, 5.74) is 1.84. The third-order valence-corrected chi connectivity index (χ3v) is 3.28. The van der Waals surface area contributed by atoms with Gasteiger partial charge < -0.3 is 4.74 Å². The average Bonchev–Trinajstić information content (AvgIpc) is 2.78. The van der Waals surface area contributed by atoms with E-state index in [9.17, 15) is 0 Å². The zero-order valence-corrected chi connectivity index (χ0v) is 11.0. The van der Waals surface area contributed by atoms with Crippen molar-refractivity contribution in [3.05, 3.63) is 60.4 Å². The lowest BCUT2D eigenvalue weighted by molar-refractivity contribution is 0.319. The number of fused-ring (bicyclic) bond motifs is 1. The van der Waals surface area contributed by atoms with Gasteiger partial charge in [0.2, 0.25) is 0 Å². The highest BCUT2D eigenvalue weighted by Gasteiger charge is 2.08. The van der Waals surface area contributed by atoms with Gasteiger partial charge in [0.1, 0.15) is 11.6 Å². The summed E-state index contributed by atoms with van der Waals surface area (Å²) in [5.74, 6) is 1.68. The third-order valence-electron chi connectivity index (χ3n) is 2.91. The molecule has 0 atom stereocenters. The fraction of sp³-hybridized carbons (Fsp3) is 0.133. The van der Waals surface area contributed by atoms with Crippen LogP contribution in [0.2, 0.25) is 0 Å². The molecule has 0 bridgehead atoms. The van der Waals surface area contributed by atoms with E-state index in [0.717, 1.165) is 22.6 Å². The fourth-order valence-corrected chi connectivity index (χ4v) is 2.24. The van der Waals surface area contributed by atoms with Crippen LogP contribution in [0.15, 0.2) is 54.6 Å². The Bertz CT molecular complexity index is 679. The van der Waals surface area contributed by atoms with E-state index >= 15 is 0 Å². The van der Waals surface area contributed by atoms with E-state index < -0.39 is 0 Å². The summed E-state index contributed by atoms with van der Waals surface area (Å²) in [6.45, 7) is 0.556. The summed E-state index contributed by atoms with van der Waals surface area (Å²) in [6.07, 6.45) is 0.674. The van der Waals surface area contributed by atoms with Crippen LogP contribution in [0.3, 0.4) is 0 Å². The summed E-state index contributed by atoms with van der Waals surface area (Å²) < 4.78 is 7.25. The maximum absolute atomic E-state index is 6.24. The van der Waals surface area contributed by atoms with Crippen LogP contribution in [0.5, 0.6) is 5.75 Å². The van der Waals surface area contributed by atoms with Crippen LogP contribution in [-0.2, 0) is 6.42 Å². The van der Waals surface area contributed by atoms with Crippen molar-refractivity contribution < 1.29 is 4.74 Å². The van der Waals surface area contributed by atoms with Crippen LogP contribution < -0.4 is 4.74 Å². The predicted molar refractivity (Wildman–Crippen MR) is 76.6 cm³/mol. The molecule has 19 heavy (non-hydrogen) atoms. The van der Waals surface area contributed by atoms with Crippen molar-refractivity contribution in [2.75, 3.05) is 6.61 Å². The Balaban J connectivity index is 1.70. The molecule has 0 saturated carbocycles. The molecule has 3 rings (SSSR count). The molecule has 0 aliphatic carbocycles. The van der Waals surface area contributed by atoms with Crippen molar-refractivity contribution in [2.45, 2.75) is 6.42 Å². The van der Waals surface area contributed by atoms with Crippen molar-refractivity contribution in [2.24, 2.45) is 0 Å². The molecule has 0 saturated heterocycles. The van der Waals surface area contributed by atoms with Crippen molar-refractivity contribution >= 4 is 22.8 Å². The molecule has 1 aromatic heterocycles. The van der Waals surface area contributed by atoms with Crippen molar-refractivity contribution in [1.29, 1.82) is 0 Å². The van der Waals surface area contributed by atoms with E-state index in [0.29, 0.717) is 13.0 Å². The molecule has 0 spiro atoms. The van der Waals surface area contributed by atoms with Gasteiger partial charge in [-0.3, -0.25) is 0 Å². The molecule has 0 aliphatic rings. The second kappa shape index (κ2) is 5.33. The van der Waals surface area contributed by atoms with E-state index in [-0.39, 0.29) is 0 Å². The van der Waals surface area contributed by atoms with E-state index in [4.69, 9.17) is 16.5 Å². The first-order valence-corrected chi connectivity index (χ1v) is 6.49. The second-order valence-electron chi connectivity index (χ2n) is 4.21. The van der Waals surface area contributed by atoms with Gasteiger partial charge in [-0.25, -0.2) is 9.07 Å². The summed E-state index contributed by atoms with van der Waals surface area (Å²) in [6, 6.07) is 17.5. The van der Waals surface area contributed by atoms with Gasteiger partial charge in [-0.1, -0.05) is 30.3 Å². The minimum absolute atomic E-state index is 0.556. The number of hydrogen-bond acceptors (Lipinski definition) is 2. The first-order valence-electron chi connectivity index (χ1n) is 6.15. The van der Waals surface area contributed by atoms with Crippen LogP contribution in [-0.4, -0.2) is 15.7 Å². The number of aromatic nitrogens is 2. The van der Waals surface area contributed by atoms with Gasteiger partial charge in [0.05, 0.1) is 17.6 Å². The average molecular weight is 273 g/mol. The Hall–Kier alpha value is -2.00. The van der Waals surface area contributed by atoms with Crippen molar-refractivity contribution in [3.63, 3.8) is 0 Å². The van der Waals surface area contributed by atoms with Crippen LogP contribution in [0.1, 0.15) is 5.82 Å². The highest BCUT2D eigenvalue weighted by molar-refractivity contribution is 6.19. The number of rotatable bonds is 4. The van der Waals surface area contributed by atoms with E-state index in [1.165, 1.54) is 0 Å². The van der Waals surface area contributed by atoms with E-state index in [1.54, 1.807) is 4.09 Å². The number of halogens is 1. The molecule has 1 heterocycles. The summed E-state index contributed by atoms with van der Waals surface area (Å²) in [5, 5.41) is 0. The SMILES string of the molecule is Cln1c(CCOc2ccccc2)nc2ccccc21. The zero-order chi connectivity index (χ0) is 13.1. The lowest BCUT2D eigenvalue weighted by atomic mass is 10.3. The Morgan fingerprint density at radius 1 is 1.00 bits per heavy atom. The molecule has 0 amide bonds. The second-order valence-corrected chi connectivity index (χ2v) is 4.55. The number of para-hydroxylation sites is 3. The molecule has 3 aromatic rings. The van der Waals surface area contributed by atoms with E-state index in [1.807, 2.05) is 54.6 Å². The van der Waals surface area contributed by atoms with E-state index in [2.05, 4.69) is 4.98 Å². The minimum Gasteiger partial charge on any atom is -0.493 e. The van der Waals surface area contributed by atoms with Crippen LogP contribution >= 0.6 is 11.8 Å². The maximum atomic E-state index is 6.24. The highest BCUT2D eigenvalue weighted by Crippen LogP contribution is 2.18. The van der Waals surface area contributed by atoms with Crippen LogP contribution in [0.4, 0.5) is 0 Å². The Morgan fingerprint density at radius 2 is 1.74 bits per heavy atom. The Morgan fingerprint density at radius 3 is 2.53 bits per heavy atom. The molecule has 0 radical (unpaired) electrons. The number of hydrogen-bond donors (Lipinski definition) is 0. The largest absolute Gasteiger partial charge is 0.493 e. The summed E-state index contributed by atoms with van der Waals surface area (Å²) in [7, 11) is 0. The Kier molecular flexibility index (Phi) is 3.38. The zero-order valence-electron chi connectivity index (χ0n) is 10.3. The van der Waals surface area contributed by atoms with Crippen molar-refractivity contribution in [3.8, 4) is 5.75 Å². The lowest BCUT2D eigenvalue weighted by Crippen LogP contribution is -2.04. The monoisotopic (exact) mass is 272 g/mol. The molecule has 0 aliphatic heterocycles. The number of ether oxygens (including phenoxy) is 1. The molecule has 96 valence electrons. The lowest BCUT2D eigenvalue weighted by Gasteiger charge is -2.04. The molecule has 4 heteroatoms. The van der Waals surface area contributed by atoms with Gasteiger partial charge >= 0.3 is 0 Å². The maximum Gasteiger partial charge on any atom is 0.128 e. The van der Waals surface area contributed by atoms with Gasteiger partial charge in [-0.05, 0) is 24.3 Å². The Labute approximate surface area is 116 Å². The fourth-order valence-electron chi connectivity index (χ4n) is 1.98. The van der Waals surface area contributed by atoms with Gasteiger partial charge in [-0.15, -0.1) is 0 Å². The smallest absolute Gasteiger partial charge is 0.128 e. The first kappa shape index (κ1) is 12.1. The molecule has 0 unspecified atom stereocenters. The predicted octanol–water partition coefficient (Wildman–Crippen LogP) is 3.66. The quantitative estimate of drug-likeness (QED) is 0.725. The standard InChI is InChI=1S/C15H13ClN2O/c16-18-14-9-5-4-8-13(14)17-15(18)10-11-19-12-6-2-1-3-7-12/h1-9H,10-11H2. The molecular formula is C15H13ClN2O. The molecule has 2 aromatic carbocycles. The van der Waals surface area contributed by atoms with Gasteiger partial charge in [0.15, 0.2) is 0 Å². The normalized spacial score (nSPS) is 10.8. The number of nitrogens with zero attached hydrogens (tertiary/aromatic N) is 2. The summed E-state index contributed by atoms with van der Waals surface area (Å²) in [4.78, 5) is 4.49. The molecular weight excluding hydrogens is 260 g/mol. The summed E-state index contributed by atoms with van der Waals surface area (Å²) >= 11 is 6.24. The molecule has 0 N–H and O–H groups in total. The van der Waals surface area contributed by atoms with Gasteiger partial charge in [-0.2, -0.15) is 0 Å². The van der Waals surface area contributed by atoms with Crippen LogP contribution in [0, 0.1) is 0 Å². The van der Waals surface area contributed by atoms with Gasteiger partial charge in [0, 0.05) is 18.2 Å². The molecule has 3 nitrogen and oxygen atoms in total. The van der Waals surface area contributed by atoms with Crippen molar-refractivity contribution in [1.82, 2.24) is 9.07 Å². The third kappa shape index (κ3) is 2.56. The van der Waals surface area contributed by atoms with Gasteiger partial charge in [0.25, 0.3) is 0 Å². The minimum atomic E-state index is 0.556. The topological polar surface area (TPSA) is 27.1 Å². The number of benzene rings is 2. The molecule has 0 fully saturated rings. The number of imidazole rings is 1.